The molecule has 2 unspecified atom stereocenters. The standard InChI is InChI=1S/C12H17N3O2S/c1-7(16)10-6-18-12(14-10)15-11(17)9-4-2-3-8(9)5-13/h6,8-9H,2-5,13H2,1H3,(H,14,15,17). The maximum Gasteiger partial charge on any atom is 0.229 e. The number of rotatable bonds is 4. The lowest BCUT2D eigenvalue weighted by Gasteiger charge is -2.16. The third-order valence-electron chi connectivity index (χ3n) is 3.39. The fraction of sp³-hybridized carbons (Fsp3) is 0.583. The summed E-state index contributed by atoms with van der Waals surface area (Å²) in [5, 5.41) is 4.94. The molecule has 1 amide bonds. The minimum absolute atomic E-state index is 0.0142. The van der Waals surface area contributed by atoms with Crippen molar-refractivity contribution in [3.05, 3.63) is 11.1 Å². The van der Waals surface area contributed by atoms with Gasteiger partial charge < -0.3 is 11.1 Å². The summed E-state index contributed by atoms with van der Waals surface area (Å²) in [6, 6.07) is 0. The minimum atomic E-state index is -0.0903. The molecule has 1 heterocycles. The van der Waals surface area contributed by atoms with E-state index in [4.69, 9.17) is 5.73 Å². The van der Waals surface area contributed by atoms with E-state index in [0.29, 0.717) is 17.4 Å². The van der Waals surface area contributed by atoms with Crippen molar-refractivity contribution in [3.8, 4) is 0 Å². The summed E-state index contributed by atoms with van der Waals surface area (Å²) >= 11 is 1.28. The van der Waals surface area contributed by atoms with Gasteiger partial charge in [-0.15, -0.1) is 11.3 Å². The average Bonchev–Trinajstić information content (AvgIpc) is 2.96. The Kier molecular flexibility index (Phi) is 4.08. The monoisotopic (exact) mass is 267 g/mol. The third kappa shape index (κ3) is 2.76. The van der Waals surface area contributed by atoms with Crippen LogP contribution in [0.4, 0.5) is 5.13 Å². The molecule has 2 atom stereocenters. The number of Topliss-reactive ketones (excluding diaryl/α,β-unsaturated/α-hetero) is 1. The zero-order chi connectivity index (χ0) is 13.1. The number of amides is 1. The lowest BCUT2D eigenvalue weighted by atomic mass is 9.95. The van der Waals surface area contributed by atoms with Gasteiger partial charge in [-0.1, -0.05) is 6.42 Å². The van der Waals surface area contributed by atoms with Gasteiger partial charge in [0.25, 0.3) is 0 Å². The summed E-state index contributed by atoms with van der Waals surface area (Å²) in [4.78, 5) is 27.3. The van der Waals surface area contributed by atoms with E-state index in [9.17, 15) is 9.59 Å². The summed E-state index contributed by atoms with van der Waals surface area (Å²) in [7, 11) is 0. The van der Waals surface area contributed by atoms with Crippen molar-refractivity contribution in [2.24, 2.45) is 17.6 Å². The predicted molar refractivity (Wildman–Crippen MR) is 70.6 cm³/mol. The summed E-state index contributed by atoms with van der Waals surface area (Å²) in [5.41, 5.74) is 6.06. The number of nitrogens with zero attached hydrogens (tertiary/aromatic N) is 1. The topological polar surface area (TPSA) is 85.1 Å². The normalized spacial score (nSPS) is 23.0. The number of carbonyl (C=O) groups is 2. The first-order valence-corrected chi connectivity index (χ1v) is 6.97. The van der Waals surface area contributed by atoms with Gasteiger partial charge in [0.15, 0.2) is 10.9 Å². The molecule has 0 aromatic carbocycles. The van der Waals surface area contributed by atoms with Gasteiger partial charge in [0.05, 0.1) is 0 Å². The Labute approximate surface area is 110 Å². The Hall–Kier alpha value is -1.27. The fourth-order valence-electron chi connectivity index (χ4n) is 2.36. The van der Waals surface area contributed by atoms with Crippen LogP contribution in [0.15, 0.2) is 5.38 Å². The Bertz CT molecular complexity index is 458. The summed E-state index contributed by atoms with van der Waals surface area (Å²) < 4.78 is 0. The molecule has 1 aromatic heterocycles. The lowest BCUT2D eigenvalue weighted by molar-refractivity contribution is -0.120. The number of ketones is 1. The first-order valence-electron chi connectivity index (χ1n) is 6.09. The van der Waals surface area contributed by atoms with Crippen LogP contribution in [-0.4, -0.2) is 23.2 Å². The maximum atomic E-state index is 12.1. The molecule has 5 nitrogen and oxygen atoms in total. The molecule has 98 valence electrons. The van der Waals surface area contributed by atoms with E-state index < -0.39 is 0 Å². The molecule has 0 bridgehead atoms. The van der Waals surface area contributed by atoms with Crippen molar-refractivity contribution < 1.29 is 9.59 Å². The zero-order valence-corrected chi connectivity index (χ0v) is 11.1. The summed E-state index contributed by atoms with van der Waals surface area (Å²) in [6.07, 6.45) is 2.96. The SMILES string of the molecule is CC(=O)c1csc(NC(=O)C2CCCC2CN)n1. The Morgan fingerprint density at radius 1 is 1.56 bits per heavy atom. The summed E-state index contributed by atoms with van der Waals surface area (Å²) in [6.45, 7) is 2.01. The highest BCUT2D eigenvalue weighted by atomic mass is 32.1. The predicted octanol–water partition coefficient (Wildman–Crippen LogP) is 1.66. The van der Waals surface area contributed by atoms with Gasteiger partial charge in [-0.2, -0.15) is 0 Å². The van der Waals surface area contributed by atoms with Gasteiger partial charge in [0.1, 0.15) is 5.69 Å². The van der Waals surface area contributed by atoms with E-state index >= 15 is 0 Å². The number of carbonyl (C=O) groups excluding carboxylic acids is 2. The van der Waals surface area contributed by atoms with Crippen molar-refractivity contribution in [2.75, 3.05) is 11.9 Å². The lowest BCUT2D eigenvalue weighted by Crippen LogP contribution is -2.29. The van der Waals surface area contributed by atoms with Crippen LogP contribution in [0.2, 0.25) is 0 Å². The smallest absolute Gasteiger partial charge is 0.229 e. The van der Waals surface area contributed by atoms with Crippen molar-refractivity contribution >= 4 is 28.2 Å². The van der Waals surface area contributed by atoms with Gasteiger partial charge in [-0.3, -0.25) is 9.59 Å². The largest absolute Gasteiger partial charge is 0.330 e. The molecule has 1 aliphatic carbocycles. The molecule has 1 aliphatic rings. The van der Waals surface area contributed by atoms with Crippen molar-refractivity contribution in [1.29, 1.82) is 0 Å². The Morgan fingerprint density at radius 3 is 2.94 bits per heavy atom. The highest BCUT2D eigenvalue weighted by Crippen LogP contribution is 2.32. The van der Waals surface area contributed by atoms with Crippen LogP contribution in [-0.2, 0) is 4.79 Å². The number of nitrogens with one attached hydrogen (secondary N) is 1. The van der Waals surface area contributed by atoms with E-state index in [-0.39, 0.29) is 23.5 Å². The maximum absolute atomic E-state index is 12.1. The van der Waals surface area contributed by atoms with Crippen LogP contribution < -0.4 is 11.1 Å². The first kappa shape index (κ1) is 13.2. The van der Waals surface area contributed by atoms with Crippen LogP contribution in [0.1, 0.15) is 36.7 Å². The highest BCUT2D eigenvalue weighted by Gasteiger charge is 2.32. The second-order valence-electron chi connectivity index (χ2n) is 4.62. The molecule has 0 spiro atoms. The number of thiazole rings is 1. The fourth-order valence-corrected chi connectivity index (χ4v) is 3.11. The van der Waals surface area contributed by atoms with E-state index in [1.165, 1.54) is 18.3 Å². The van der Waals surface area contributed by atoms with E-state index in [0.717, 1.165) is 19.3 Å². The summed E-state index contributed by atoms with van der Waals surface area (Å²) in [5.74, 6) is 0.150. The van der Waals surface area contributed by atoms with Crippen LogP contribution in [0.5, 0.6) is 0 Å². The van der Waals surface area contributed by atoms with Gasteiger partial charge in [-0.05, 0) is 25.3 Å². The number of anilines is 1. The second kappa shape index (κ2) is 5.58. The van der Waals surface area contributed by atoms with E-state index in [2.05, 4.69) is 10.3 Å². The van der Waals surface area contributed by atoms with Crippen LogP contribution in [0.25, 0.3) is 0 Å². The zero-order valence-electron chi connectivity index (χ0n) is 10.3. The highest BCUT2D eigenvalue weighted by molar-refractivity contribution is 7.14. The van der Waals surface area contributed by atoms with Crippen LogP contribution in [0, 0.1) is 11.8 Å². The second-order valence-corrected chi connectivity index (χ2v) is 5.47. The molecular weight excluding hydrogens is 250 g/mol. The Morgan fingerprint density at radius 2 is 2.33 bits per heavy atom. The molecule has 6 heteroatoms. The molecule has 1 aromatic rings. The molecule has 0 saturated heterocycles. The molecule has 0 radical (unpaired) electrons. The molecule has 1 fully saturated rings. The quantitative estimate of drug-likeness (QED) is 0.812. The average molecular weight is 267 g/mol. The van der Waals surface area contributed by atoms with Gasteiger partial charge in [0.2, 0.25) is 5.91 Å². The van der Waals surface area contributed by atoms with Crippen molar-refractivity contribution in [1.82, 2.24) is 4.98 Å². The van der Waals surface area contributed by atoms with E-state index in [1.54, 1.807) is 5.38 Å². The molecule has 0 aliphatic heterocycles. The minimum Gasteiger partial charge on any atom is -0.330 e. The Balaban J connectivity index is 2.00. The van der Waals surface area contributed by atoms with Crippen molar-refractivity contribution in [3.63, 3.8) is 0 Å². The third-order valence-corrected chi connectivity index (χ3v) is 4.15. The molecule has 3 N–H and O–H groups in total. The molecule has 18 heavy (non-hydrogen) atoms. The first-order chi connectivity index (χ1) is 8.61. The number of hydrogen-bond donors (Lipinski definition) is 2. The van der Waals surface area contributed by atoms with Crippen LogP contribution in [0.3, 0.4) is 0 Å². The molecular formula is C12H17N3O2S. The number of nitrogens with two attached hydrogens (primary N) is 1. The number of aromatic nitrogens is 1. The number of hydrogen-bond acceptors (Lipinski definition) is 5. The molecule has 1 saturated carbocycles. The van der Waals surface area contributed by atoms with Gasteiger partial charge in [-0.25, -0.2) is 4.98 Å². The van der Waals surface area contributed by atoms with Crippen LogP contribution >= 0.6 is 11.3 Å². The van der Waals surface area contributed by atoms with E-state index in [1.807, 2.05) is 0 Å². The van der Waals surface area contributed by atoms with Gasteiger partial charge in [0, 0.05) is 18.2 Å². The van der Waals surface area contributed by atoms with Crippen molar-refractivity contribution in [2.45, 2.75) is 26.2 Å². The van der Waals surface area contributed by atoms with Gasteiger partial charge >= 0.3 is 0 Å². The molecule has 2 rings (SSSR count).